The fourth-order valence-corrected chi connectivity index (χ4v) is 11.7. The van der Waals surface area contributed by atoms with E-state index in [2.05, 4.69) is 72.0 Å². The summed E-state index contributed by atoms with van der Waals surface area (Å²) in [6.07, 6.45) is 10.4. The molecule has 0 radical (unpaired) electrons. The van der Waals surface area contributed by atoms with Gasteiger partial charge in [-0.25, -0.2) is 0 Å². The fraction of sp³-hybridized carbons (Fsp3) is 0.757. The SMILES string of the molecule is CC1(C)CC[C@]2(C(=O)NCc3ccccc3)CC[C@]3(C)C(=CC[C@@H]4[C@@]5(C)C[C@@H](O)[C@H](O)C(C)(C)[C@@H]5CC[C@]43C)[C@@H]2C1. The van der Waals surface area contributed by atoms with Gasteiger partial charge in [-0.1, -0.05) is 90.4 Å². The molecule has 41 heavy (non-hydrogen) atoms. The van der Waals surface area contributed by atoms with E-state index in [9.17, 15) is 15.0 Å². The first kappa shape index (κ1) is 29.4. The van der Waals surface area contributed by atoms with Crippen LogP contribution in [-0.4, -0.2) is 28.3 Å². The topological polar surface area (TPSA) is 69.6 Å². The largest absolute Gasteiger partial charge is 0.390 e. The number of carbonyl (C=O) groups is 1. The Labute approximate surface area is 248 Å². The second kappa shape index (κ2) is 9.42. The smallest absolute Gasteiger partial charge is 0.227 e. The maximum absolute atomic E-state index is 14.3. The summed E-state index contributed by atoms with van der Waals surface area (Å²) >= 11 is 0. The van der Waals surface area contributed by atoms with E-state index in [1.54, 1.807) is 5.57 Å². The third kappa shape index (κ3) is 4.09. The summed E-state index contributed by atoms with van der Waals surface area (Å²) in [4.78, 5) is 14.3. The molecule has 4 saturated carbocycles. The third-order valence-corrected chi connectivity index (χ3v) is 14.3. The lowest BCUT2D eigenvalue weighted by Crippen LogP contribution is -2.67. The molecule has 1 aromatic carbocycles. The predicted octanol–water partition coefficient (Wildman–Crippen LogP) is 7.44. The Morgan fingerprint density at radius 3 is 2.27 bits per heavy atom. The number of benzene rings is 1. The number of fused-ring (bicyclic) bond motifs is 7. The van der Waals surface area contributed by atoms with Crippen molar-refractivity contribution < 1.29 is 15.0 Å². The van der Waals surface area contributed by atoms with Gasteiger partial charge in [0.2, 0.25) is 5.91 Å². The van der Waals surface area contributed by atoms with E-state index in [4.69, 9.17) is 0 Å². The van der Waals surface area contributed by atoms with Crippen LogP contribution in [0.3, 0.4) is 0 Å². The molecule has 5 aliphatic rings. The van der Waals surface area contributed by atoms with Gasteiger partial charge in [0, 0.05) is 6.54 Å². The van der Waals surface area contributed by atoms with Crippen molar-refractivity contribution in [3.05, 3.63) is 47.5 Å². The van der Waals surface area contributed by atoms with Gasteiger partial charge in [0.1, 0.15) is 0 Å². The second-order valence-electron chi connectivity index (χ2n) is 17.1. The Hall–Kier alpha value is -1.65. The summed E-state index contributed by atoms with van der Waals surface area (Å²) in [5.74, 6) is 1.39. The molecule has 0 unspecified atom stereocenters. The molecule has 4 heteroatoms. The lowest BCUT2D eigenvalue weighted by atomic mass is 9.33. The summed E-state index contributed by atoms with van der Waals surface area (Å²) < 4.78 is 0. The maximum Gasteiger partial charge on any atom is 0.227 e. The normalized spacial score (nSPS) is 46.2. The molecule has 0 bridgehead atoms. The van der Waals surface area contributed by atoms with Gasteiger partial charge in [-0.2, -0.15) is 0 Å². The Morgan fingerprint density at radius 1 is 0.878 bits per heavy atom. The van der Waals surface area contributed by atoms with Gasteiger partial charge in [-0.05, 0) is 108 Å². The van der Waals surface area contributed by atoms with Gasteiger partial charge in [-0.15, -0.1) is 0 Å². The van der Waals surface area contributed by atoms with Gasteiger partial charge >= 0.3 is 0 Å². The number of aliphatic hydroxyl groups is 2. The average molecular weight is 562 g/mol. The second-order valence-corrected chi connectivity index (χ2v) is 17.1. The van der Waals surface area contributed by atoms with Crippen LogP contribution in [0.4, 0.5) is 0 Å². The van der Waals surface area contributed by atoms with Gasteiger partial charge in [0.15, 0.2) is 0 Å². The van der Waals surface area contributed by atoms with Crippen LogP contribution < -0.4 is 5.32 Å². The van der Waals surface area contributed by atoms with Crippen molar-refractivity contribution in [2.24, 2.45) is 50.2 Å². The lowest BCUT2D eigenvalue weighted by Gasteiger charge is -2.71. The van der Waals surface area contributed by atoms with E-state index in [1.165, 1.54) is 0 Å². The first-order valence-electron chi connectivity index (χ1n) is 16.5. The van der Waals surface area contributed by atoms with Gasteiger partial charge in [0.25, 0.3) is 0 Å². The minimum Gasteiger partial charge on any atom is -0.390 e. The van der Waals surface area contributed by atoms with Crippen LogP contribution in [0.2, 0.25) is 0 Å². The molecule has 226 valence electrons. The van der Waals surface area contributed by atoms with Crippen molar-refractivity contribution in [1.82, 2.24) is 5.32 Å². The summed E-state index contributed by atoms with van der Waals surface area (Å²) in [6, 6.07) is 10.3. The number of hydrogen-bond donors (Lipinski definition) is 3. The van der Waals surface area contributed by atoms with E-state index in [0.717, 1.165) is 56.9 Å². The van der Waals surface area contributed by atoms with Crippen molar-refractivity contribution in [1.29, 1.82) is 0 Å². The lowest BCUT2D eigenvalue weighted by molar-refractivity contribution is -0.231. The van der Waals surface area contributed by atoms with Crippen molar-refractivity contribution in [2.45, 2.75) is 125 Å². The zero-order valence-corrected chi connectivity index (χ0v) is 26.7. The van der Waals surface area contributed by atoms with Gasteiger partial charge in [-0.3, -0.25) is 4.79 Å². The number of allylic oxidation sites excluding steroid dienone is 2. The molecule has 0 aromatic heterocycles. The van der Waals surface area contributed by atoms with Crippen molar-refractivity contribution >= 4 is 5.91 Å². The molecular formula is C37H55NO3. The number of hydrogen-bond acceptors (Lipinski definition) is 3. The van der Waals surface area contributed by atoms with Gasteiger partial charge in [0.05, 0.1) is 17.6 Å². The Balaban J connectivity index is 1.37. The van der Waals surface area contributed by atoms with Crippen LogP contribution >= 0.6 is 0 Å². The summed E-state index contributed by atoms with van der Waals surface area (Å²) in [5.41, 5.74) is 2.45. The summed E-state index contributed by atoms with van der Waals surface area (Å²) in [6.45, 7) is 17.3. The molecule has 1 aromatic rings. The van der Waals surface area contributed by atoms with E-state index in [-0.39, 0.29) is 44.3 Å². The first-order chi connectivity index (χ1) is 19.1. The maximum atomic E-state index is 14.3. The molecule has 3 N–H and O–H groups in total. The number of amides is 1. The van der Waals surface area contributed by atoms with E-state index >= 15 is 0 Å². The Kier molecular flexibility index (Phi) is 6.76. The molecule has 4 nitrogen and oxygen atoms in total. The van der Waals surface area contributed by atoms with Crippen LogP contribution in [0.15, 0.2) is 42.0 Å². The van der Waals surface area contributed by atoms with E-state index < -0.39 is 12.2 Å². The minimum absolute atomic E-state index is 0.0202. The monoisotopic (exact) mass is 561 g/mol. The molecule has 9 atom stereocenters. The van der Waals surface area contributed by atoms with Crippen LogP contribution in [0, 0.1) is 50.2 Å². The molecule has 4 fully saturated rings. The fourth-order valence-electron chi connectivity index (χ4n) is 11.7. The molecule has 0 aliphatic heterocycles. The highest BCUT2D eigenvalue weighted by Crippen LogP contribution is 2.75. The first-order valence-corrected chi connectivity index (χ1v) is 16.5. The van der Waals surface area contributed by atoms with Crippen LogP contribution in [0.1, 0.15) is 112 Å². The highest BCUT2D eigenvalue weighted by atomic mass is 16.3. The van der Waals surface area contributed by atoms with Crippen molar-refractivity contribution in [3.63, 3.8) is 0 Å². The Bertz CT molecular complexity index is 1220. The zero-order chi connectivity index (χ0) is 29.6. The number of aliphatic hydroxyl groups excluding tert-OH is 2. The standard InChI is InChI=1S/C37H55NO3/c1-32(2)17-19-37(31(41)38-23-24-11-9-8-10-12-24)20-18-35(6)25(26(37)21-32)13-14-29-34(5)22-27(39)30(40)33(3,4)28(34)15-16-36(29,35)7/h8-13,26-30,39-40H,14-23H2,1-7H3,(H,38,41)/t26-,27+,28-,29+,30-,34-,35+,36+,37-/m0/s1. The highest BCUT2D eigenvalue weighted by Gasteiger charge is 2.69. The minimum atomic E-state index is -0.668. The molecule has 0 saturated heterocycles. The Morgan fingerprint density at radius 2 is 1.56 bits per heavy atom. The molecule has 0 heterocycles. The van der Waals surface area contributed by atoms with Gasteiger partial charge < -0.3 is 15.5 Å². The third-order valence-electron chi connectivity index (χ3n) is 14.3. The van der Waals surface area contributed by atoms with Crippen LogP contribution in [0.5, 0.6) is 0 Å². The highest BCUT2D eigenvalue weighted by molar-refractivity contribution is 5.84. The number of rotatable bonds is 3. The number of carbonyl (C=O) groups excluding carboxylic acids is 1. The predicted molar refractivity (Wildman–Crippen MR) is 165 cm³/mol. The van der Waals surface area contributed by atoms with E-state index in [1.807, 2.05) is 18.2 Å². The molecule has 1 amide bonds. The zero-order valence-electron chi connectivity index (χ0n) is 26.7. The van der Waals surface area contributed by atoms with Crippen molar-refractivity contribution in [2.75, 3.05) is 0 Å². The molecule has 5 aliphatic carbocycles. The quantitative estimate of drug-likeness (QED) is 0.336. The molecule has 6 rings (SSSR count). The van der Waals surface area contributed by atoms with E-state index in [0.29, 0.717) is 24.8 Å². The number of nitrogens with one attached hydrogen (secondary N) is 1. The summed E-state index contributed by atoms with van der Waals surface area (Å²) in [7, 11) is 0. The molecular weight excluding hydrogens is 506 g/mol. The van der Waals surface area contributed by atoms with Crippen LogP contribution in [-0.2, 0) is 11.3 Å². The average Bonchev–Trinajstić information content (AvgIpc) is 2.91. The van der Waals surface area contributed by atoms with Crippen LogP contribution in [0.25, 0.3) is 0 Å². The molecule has 0 spiro atoms. The summed E-state index contributed by atoms with van der Waals surface area (Å²) in [5, 5.41) is 25.6. The van der Waals surface area contributed by atoms with Crippen molar-refractivity contribution in [3.8, 4) is 0 Å².